The summed E-state index contributed by atoms with van der Waals surface area (Å²) in [6.07, 6.45) is 2.51. The molecule has 2 aromatic rings. The van der Waals surface area contributed by atoms with Gasteiger partial charge in [-0.3, -0.25) is 4.68 Å². The van der Waals surface area contributed by atoms with Gasteiger partial charge in [-0.25, -0.2) is 9.18 Å². The van der Waals surface area contributed by atoms with Crippen LogP contribution < -0.4 is 0 Å². The van der Waals surface area contributed by atoms with Gasteiger partial charge in [0.25, 0.3) is 0 Å². The van der Waals surface area contributed by atoms with Crippen molar-refractivity contribution in [3.05, 3.63) is 41.5 Å². The van der Waals surface area contributed by atoms with Crippen molar-refractivity contribution in [1.29, 1.82) is 0 Å². The van der Waals surface area contributed by atoms with Crippen molar-refractivity contribution in [2.24, 2.45) is 0 Å². The molecule has 1 heterocycles. The number of aromatic nitrogens is 2. The third-order valence-electron chi connectivity index (χ3n) is 3.06. The highest BCUT2D eigenvalue weighted by molar-refractivity contribution is 5.90. The Labute approximate surface area is 110 Å². The lowest BCUT2D eigenvalue weighted by Gasteiger charge is -2.06. The van der Waals surface area contributed by atoms with Crippen molar-refractivity contribution < 1.29 is 14.3 Å². The minimum Gasteiger partial charge on any atom is -0.478 e. The van der Waals surface area contributed by atoms with Crippen LogP contribution in [-0.2, 0) is 6.54 Å². The Hall–Kier alpha value is -2.17. The third kappa shape index (κ3) is 2.36. The molecule has 5 heteroatoms. The maximum atomic E-state index is 14.2. The van der Waals surface area contributed by atoms with Crippen molar-refractivity contribution in [2.45, 2.75) is 26.8 Å². The van der Waals surface area contributed by atoms with Gasteiger partial charge in [-0.05, 0) is 19.4 Å². The molecule has 1 aromatic carbocycles. The Kier molecular flexibility index (Phi) is 3.64. The lowest BCUT2D eigenvalue weighted by Crippen LogP contribution is -2.03. The number of aromatic carboxylic acids is 1. The Balaban J connectivity index is 2.53. The van der Waals surface area contributed by atoms with Crippen LogP contribution >= 0.6 is 0 Å². The average molecular weight is 262 g/mol. The van der Waals surface area contributed by atoms with E-state index in [1.807, 2.05) is 13.8 Å². The van der Waals surface area contributed by atoms with Crippen LogP contribution in [0.4, 0.5) is 4.39 Å². The second kappa shape index (κ2) is 5.22. The first-order valence-electron chi connectivity index (χ1n) is 6.10. The molecule has 0 amide bonds. The molecule has 4 nitrogen and oxygen atoms in total. The van der Waals surface area contributed by atoms with Gasteiger partial charge in [-0.15, -0.1) is 0 Å². The smallest absolute Gasteiger partial charge is 0.338 e. The molecule has 0 aliphatic rings. The van der Waals surface area contributed by atoms with Crippen molar-refractivity contribution in [3.63, 3.8) is 0 Å². The minimum absolute atomic E-state index is 0.278. The number of carboxylic acids is 1. The standard InChI is InChI=1S/C14H15FN2O2/c1-3-7-17-9(2)12(8-16-17)10-5-4-6-11(13(10)15)14(18)19/h4-6,8H,3,7H2,1-2H3,(H,18,19). The van der Waals surface area contributed by atoms with Gasteiger partial charge in [0.1, 0.15) is 5.82 Å². The fraction of sp³-hybridized carbons (Fsp3) is 0.286. The number of hydrogen-bond donors (Lipinski definition) is 1. The van der Waals surface area contributed by atoms with Crippen molar-refractivity contribution in [2.75, 3.05) is 0 Å². The number of nitrogens with zero attached hydrogens (tertiary/aromatic N) is 2. The maximum absolute atomic E-state index is 14.2. The molecule has 0 radical (unpaired) electrons. The van der Waals surface area contributed by atoms with Crippen LogP contribution in [0.2, 0.25) is 0 Å². The van der Waals surface area contributed by atoms with Gasteiger partial charge in [0.15, 0.2) is 0 Å². The Morgan fingerprint density at radius 2 is 2.16 bits per heavy atom. The monoisotopic (exact) mass is 262 g/mol. The molecule has 0 saturated carbocycles. The molecule has 0 atom stereocenters. The van der Waals surface area contributed by atoms with E-state index in [0.717, 1.165) is 18.7 Å². The Bertz CT molecular complexity index is 620. The number of carboxylic acid groups (broad SMARTS) is 1. The zero-order valence-corrected chi connectivity index (χ0v) is 10.9. The summed E-state index contributed by atoms with van der Waals surface area (Å²) in [5.74, 6) is -1.98. The molecule has 0 unspecified atom stereocenters. The fourth-order valence-electron chi connectivity index (χ4n) is 2.05. The maximum Gasteiger partial charge on any atom is 0.338 e. The second-order valence-electron chi connectivity index (χ2n) is 4.34. The minimum atomic E-state index is -1.27. The highest BCUT2D eigenvalue weighted by atomic mass is 19.1. The van der Waals surface area contributed by atoms with Gasteiger partial charge < -0.3 is 5.11 Å². The number of hydrogen-bond acceptors (Lipinski definition) is 2. The van der Waals surface area contributed by atoms with Crippen LogP contribution in [0.15, 0.2) is 24.4 Å². The second-order valence-corrected chi connectivity index (χ2v) is 4.34. The molecule has 2 rings (SSSR count). The summed E-state index contributed by atoms with van der Waals surface area (Å²) in [6.45, 7) is 4.64. The van der Waals surface area contributed by atoms with Gasteiger partial charge in [-0.2, -0.15) is 5.10 Å². The quantitative estimate of drug-likeness (QED) is 0.921. The summed E-state index contributed by atoms with van der Waals surface area (Å²) in [7, 11) is 0. The molecule has 100 valence electrons. The molecule has 0 fully saturated rings. The summed E-state index contributed by atoms with van der Waals surface area (Å²) in [5.41, 5.74) is 1.43. The molecule has 0 bridgehead atoms. The lowest BCUT2D eigenvalue weighted by molar-refractivity contribution is 0.0692. The van der Waals surface area contributed by atoms with Crippen LogP contribution in [0.3, 0.4) is 0 Å². The normalized spacial score (nSPS) is 10.7. The van der Waals surface area contributed by atoms with E-state index in [-0.39, 0.29) is 11.1 Å². The van der Waals surface area contributed by atoms with E-state index in [2.05, 4.69) is 5.10 Å². The Morgan fingerprint density at radius 3 is 2.79 bits per heavy atom. The molecule has 0 aliphatic heterocycles. The van der Waals surface area contributed by atoms with Crippen molar-refractivity contribution in [1.82, 2.24) is 9.78 Å². The zero-order valence-electron chi connectivity index (χ0n) is 10.9. The first kappa shape index (κ1) is 13.3. The molecule has 0 spiro atoms. The van der Waals surface area contributed by atoms with Gasteiger partial charge >= 0.3 is 5.97 Å². The number of benzene rings is 1. The van der Waals surface area contributed by atoms with E-state index in [4.69, 9.17) is 5.11 Å². The SMILES string of the molecule is CCCn1ncc(-c2cccc(C(=O)O)c2F)c1C. The molecule has 0 saturated heterocycles. The van der Waals surface area contributed by atoms with Crippen LogP contribution in [0.25, 0.3) is 11.1 Å². The van der Waals surface area contributed by atoms with Gasteiger partial charge in [0.2, 0.25) is 0 Å². The first-order chi connectivity index (χ1) is 9.06. The molecule has 1 aromatic heterocycles. The summed E-state index contributed by atoms with van der Waals surface area (Å²) >= 11 is 0. The summed E-state index contributed by atoms with van der Waals surface area (Å²) < 4.78 is 16.0. The summed E-state index contributed by atoms with van der Waals surface area (Å²) in [6, 6.07) is 4.37. The fourth-order valence-corrected chi connectivity index (χ4v) is 2.05. The summed E-state index contributed by atoms with van der Waals surface area (Å²) in [4.78, 5) is 10.9. The predicted octanol–water partition coefficient (Wildman–Crippen LogP) is 3.11. The van der Waals surface area contributed by atoms with Gasteiger partial charge in [0.05, 0.1) is 11.8 Å². The van der Waals surface area contributed by atoms with E-state index in [1.54, 1.807) is 23.0 Å². The highest BCUT2D eigenvalue weighted by Gasteiger charge is 2.17. The van der Waals surface area contributed by atoms with Crippen molar-refractivity contribution >= 4 is 5.97 Å². The lowest BCUT2D eigenvalue weighted by atomic mass is 10.0. The number of halogens is 1. The third-order valence-corrected chi connectivity index (χ3v) is 3.06. The van der Waals surface area contributed by atoms with E-state index < -0.39 is 11.8 Å². The molecule has 19 heavy (non-hydrogen) atoms. The molecule has 0 aliphatic carbocycles. The topological polar surface area (TPSA) is 55.1 Å². The summed E-state index contributed by atoms with van der Waals surface area (Å²) in [5, 5.41) is 13.1. The van der Waals surface area contributed by atoms with Crippen LogP contribution in [0.1, 0.15) is 29.4 Å². The zero-order chi connectivity index (χ0) is 14.0. The van der Waals surface area contributed by atoms with E-state index in [1.165, 1.54) is 6.07 Å². The number of rotatable bonds is 4. The average Bonchev–Trinajstić information content (AvgIpc) is 2.72. The number of carbonyl (C=O) groups is 1. The largest absolute Gasteiger partial charge is 0.478 e. The van der Waals surface area contributed by atoms with E-state index in [0.29, 0.717) is 5.56 Å². The first-order valence-corrected chi connectivity index (χ1v) is 6.10. The van der Waals surface area contributed by atoms with E-state index >= 15 is 0 Å². The number of aryl methyl sites for hydroxylation is 1. The molecule has 1 N–H and O–H groups in total. The van der Waals surface area contributed by atoms with Gasteiger partial charge in [-0.1, -0.05) is 19.1 Å². The Morgan fingerprint density at radius 1 is 1.42 bits per heavy atom. The van der Waals surface area contributed by atoms with Crippen LogP contribution in [0, 0.1) is 12.7 Å². The van der Waals surface area contributed by atoms with Crippen molar-refractivity contribution in [3.8, 4) is 11.1 Å². The van der Waals surface area contributed by atoms with E-state index in [9.17, 15) is 9.18 Å². The predicted molar refractivity (Wildman–Crippen MR) is 69.6 cm³/mol. The van der Waals surface area contributed by atoms with Crippen LogP contribution in [0.5, 0.6) is 0 Å². The highest BCUT2D eigenvalue weighted by Crippen LogP contribution is 2.27. The van der Waals surface area contributed by atoms with Crippen LogP contribution in [-0.4, -0.2) is 20.9 Å². The van der Waals surface area contributed by atoms with Gasteiger partial charge in [0, 0.05) is 23.4 Å². The molecular formula is C14H15FN2O2. The molecular weight excluding hydrogens is 247 g/mol.